The van der Waals surface area contributed by atoms with Crippen molar-refractivity contribution in [1.82, 2.24) is 4.31 Å². The Labute approximate surface area is 110 Å². The molecule has 0 fully saturated rings. The van der Waals surface area contributed by atoms with Gasteiger partial charge in [-0.3, -0.25) is 0 Å². The second-order valence-corrected chi connectivity index (χ2v) is 7.20. The summed E-state index contributed by atoms with van der Waals surface area (Å²) in [5.74, 6) is 0.587. The first-order valence-electron chi connectivity index (χ1n) is 6.09. The number of sulfonamides is 1. The highest BCUT2D eigenvalue weighted by Crippen LogP contribution is 2.13. The van der Waals surface area contributed by atoms with Crippen molar-refractivity contribution in [3.05, 3.63) is 29.8 Å². The lowest BCUT2D eigenvalue weighted by molar-refractivity contribution is 0.460. The molecule has 0 radical (unpaired) electrons. The van der Waals surface area contributed by atoms with Crippen molar-refractivity contribution in [3.8, 4) is 0 Å². The van der Waals surface area contributed by atoms with E-state index in [9.17, 15) is 8.42 Å². The standard InChI is InChI=1S/C13H22N2O2S/c1-11(2)7-8-18(16,17)15(3)10-12-5-4-6-13(14)9-12/h4-6,9,11H,7-8,10,14H2,1-3H3. The van der Waals surface area contributed by atoms with Gasteiger partial charge in [0.15, 0.2) is 0 Å². The number of nitrogens with zero attached hydrogens (tertiary/aromatic N) is 1. The number of hydrogen-bond donors (Lipinski definition) is 1. The molecular formula is C13H22N2O2S. The Morgan fingerprint density at radius 1 is 1.33 bits per heavy atom. The number of benzene rings is 1. The Morgan fingerprint density at radius 2 is 2.00 bits per heavy atom. The van der Waals surface area contributed by atoms with Gasteiger partial charge in [0.05, 0.1) is 5.75 Å². The number of anilines is 1. The maximum Gasteiger partial charge on any atom is 0.214 e. The van der Waals surface area contributed by atoms with Crippen LogP contribution in [0.4, 0.5) is 5.69 Å². The summed E-state index contributed by atoms with van der Waals surface area (Å²) in [4.78, 5) is 0. The van der Waals surface area contributed by atoms with Crippen molar-refractivity contribution in [3.63, 3.8) is 0 Å². The van der Waals surface area contributed by atoms with Crippen LogP contribution in [0.15, 0.2) is 24.3 Å². The average molecular weight is 270 g/mol. The Bertz CT molecular complexity index is 484. The van der Waals surface area contributed by atoms with Crippen molar-refractivity contribution < 1.29 is 8.42 Å². The molecule has 0 saturated heterocycles. The van der Waals surface area contributed by atoms with E-state index in [-0.39, 0.29) is 5.75 Å². The molecule has 0 aliphatic heterocycles. The molecule has 1 aromatic rings. The van der Waals surface area contributed by atoms with E-state index >= 15 is 0 Å². The Balaban J connectivity index is 2.67. The second-order valence-electron chi connectivity index (χ2n) is 5.00. The minimum absolute atomic E-state index is 0.198. The fourth-order valence-electron chi connectivity index (χ4n) is 1.59. The van der Waals surface area contributed by atoms with Gasteiger partial charge in [-0.1, -0.05) is 26.0 Å². The van der Waals surface area contributed by atoms with E-state index in [1.807, 2.05) is 26.0 Å². The van der Waals surface area contributed by atoms with Crippen molar-refractivity contribution in [2.24, 2.45) is 5.92 Å². The number of hydrogen-bond acceptors (Lipinski definition) is 3. The second kappa shape index (κ2) is 6.20. The summed E-state index contributed by atoms with van der Waals surface area (Å²) in [5, 5.41) is 0. The molecule has 0 aromatic heterocycles. The lowest BCUT2D eigenvalue weighted by atomic mass is 10.2. The minimum Gasteiger partial charge on any atom is -0.399 e. The highest BCUT2D eigenvalue weighted by Gasteiger charge is 2.18. The first-order chi connectivity index (χ1) is 8.31. The van der Waals surface area contributed by atoms with Gasteiger partial charge >= 0.3 is 0 Å². The van der Waals surface area contributed by atoms with Gasteiger partial charge < -0.3 is 5.73 Å². The van der Waals surface area contributed by atoms with Gasteiger partial charge in [0.25, 0.3) is 0 Å². The number of nitrogens with two attached hydrogens (primary N) is 1. The van der Waals surface area contributed by atoms with E-state index in [4.69, 9.17) is 5.73 Å². The molecule has 18 heavy (non-hydrogen) atoms. The number of rotatable bonds is 6. The van der Waals surface area contributed by atoms with Crippen LogP contribution < -0.4 is 5.73 Å². The molecule has 0 spiro atoms. The number of nitrogen functional groups attached to an aromatic ring is 1. The molecule has 0 amide bonds. The van der Waals surface area contributed by atoms with Crippen molar-refractivity contribution in [2.75, 3.05) is 18.5 Å². The van der Waals surface area contributed by atoms with Gasteiger partial charge in [-0.15, -0.1) is 0 Å². The van der Waals surface area contributed by atoms with Crippen LogP contribution in [0.1, 0.15) is 25.8 Å². The van der Waals surface area contributed by atoms with Gasteiger partial charge in [0.1, 0.15) is 0 Å². The summed E-state index contributed by atoms with van der Waals surface area (Å²) in [6, 6.07) is 7.30. The summed E-state index contributed by atoms with van der Waals surface area (Å²) in [6.07, 6.45) is 0.684. The SMILES string of the molecule is CC(C)CCS(=O)(=O)N(C)Cc1cccc(N)c1. The van der Waals surface area contributed by atoms with Crippen molar-refractivity contribution in [2.45, 2.75) is 26.8 Å². The molecule has 0 atom stereocenters. The molecule has 0 aliphatic rings. The fraction of sp³-hybridized carbons (Fsp3) is 0.538. The van der Waals surface area contributed by atoms with Crippen LogP contribution in [0.5, 0.6) is 0 Å². The van der Waals surface area contributed by atoms with E-state index < -0.39 is 10.0 Å². The quantitative estimate of drug-likeness (QED) is 0.805. The Kier molecular flexibility index (Phi) is 5.16. The molecule has 0 bridgehead atoms. The molecule has 0 aliphatic carbocycles. The monoisotopic (exact) mass is 270 g/mol. The molecule has 5 heteroatoms. The van der Waals surface area contributed by atoms with E-state index in [0.717, 1.165) is 5.56 Å². The van der Waals surface area contributed by atoms with E-state index in [1.165, 1.54) is 4.31 Å². The molecule has 4 nitrogen and oxygen atoms in total. The first kappa shape index (κ1) is 15.0. The molecule has 1 rings (SSSR count). The van der Waals surface area contributed by atoms with E-state index in [0.29, 0.717) is 24.6 Å². The van der Waals surface area contributed by atoms with Crippen LogP contribution in [0, 0.1) is 5.92 Å². The van der Waals surface area contributed by atoms with Gasteiger partial charge in [0, 0.05) is 19.3 Å². The molecular weight excluding hydrogens is 248 g/mol. The molecule has 1 aromatic carbocycles. The maximum absolute atomic E-state index is 12.0. The lowest BCUT2D eigenvalue weighted by Crippen LogP contribution is -2.29. The highest BCUT2D eigenvalue weighted by molar-refractivity contribution is 7.89. The normalized spacial score (nSPS) is 12.3. The van der Waals surface area contributed by atoms with Crippen LogP contribution in [-0.4, -0.2) is 25.5 Å². The van der Waals surface area contributed by atoms with Crippen LogP contribution in [0.25, 0.3) is 0 Å². The third kappa shape index (κ3) is 4.66. The summed E-state index contributed by atoms with van der Waals surface area (Å²) in [5.41, 5.74) is 7.24. The predicted octanol–water partition coefficient (Wildman–Crippen LogP) is 2.08. The van der Waals surface area contributed by atoms with Gasteiger partial charge in [-0.25, -0.2) is 12.7 Å². The fourth-order valence-corrected chi connectivity index (χ4v) is 3.01. The van der Waals surface area contributed by atoms with Crippen LogP contribution in [0.2, 0.25) is 0 Å². The molecule has 0 heterocycles. The van der Waals surface area contributed by atoms with Gasteiger partial charge in [-0.05, 0) is 30.0 Å². The maximum atomic E-state index is 12.0. The zero-order valence-corrected chi connectivity index (χ0v) is 12.1. The summed E-state index contributed by atoms with van der Waals surface area (Å²) in [7, 11) is -1.56. The smallest absolute Gasteiger partial charge is 0.214 e. The lowest BCUT2D eigenvalue weighted by Gasteiger charge is -2.18. The molecule has 0 saturated carbocycles. The third-order valence-corrected chi connectivity index (χ3v) is 4.61. The van der Waals surface area contributed by atoms with Crippen LogP contribution >= 0.6 is 0 Å². The molecule has 102 valence electrons. The molecule has 2 N–H and O–H groups in total. The topological polar surface area (TPSA) is 63.4 Å². The minimum atomic E-state index is -3.17. The Morgan fingerprint density at radius 3 is 2.56 bits per heavy atom. The Hall–Kier alpha value is -1.07. The zero-order valence-electron chi connectivity index (χ0n) is 11.3. The van der Waals surface area contributed by atoms with E-state index in [1.54, 1.807) is 19.2 Å². The molecule has 0 unspecified atom stereocenters. The van der Waals surface area contributed by atoms with Gasteiger partial charge in [0.2, 0.25) is 10.0 Å². The average Bonchev–Trinajstić information content (AvgIpc) is 2.26. The van der Waals surface area contributed by atoms with Crippen molar-refractivity contribution >= 4 is 15.7 Å². The summed E-state index contributed by atoms with van der Waals surface area (Å²) >= 11 is 0. The third-order valence-electron chi connectivity index (χ3n) is 2.78. The van der Waals surface area contributed by atoms with Crippen LogP contribution in [-0.2, 0) is 16.6 Å². The van der Waals surface area contributed by atoms with Crippen LogP contribution in [0.3, 0.4) is 0 Å². The van der Waals surface area contributed by atoms with Crippen molar-refractivity contribution in [1.29, 1.82) is 0 Å². The van der Waals surface area contributed by atoms with Gasteiger partial charge in [-0.2, -0.15) is 0 Å². The highest BCUT2D eigenvalue weighted by atomic mass is 32.2. The zero-order chi connectivity index (χ0) is 13.8. The summed E-state index contributed by atoms with van der Waals surface area (Å²) < 4.78 is 25.4. The summed E-state index contributed by atoms with van der Waals surface area (Å²) in [6.45, 7) is 4.41. The van der Waals surface area contributed by atoms with E-state index in [2.05, 4.69) is 0 Å². The first-order valence-corrected chi connectivity index (χ1v) is 7.70. The predicted molar refractivity (Wildman–Crippen MR) is 75.6 cm³/mol. The largest absolute Gasteiger partial charge is 0.399 e.